The molecule has 0 atom stereocenters. The zero-order valence-electron chi connectivity index (χ0n) is 12.8. The molecule has 0 aliphatic rings. The highest BCUT2D eigenvalue weighted by molar-refractivity contribution is 5.93. The summed E-state index contributed by atoms with van der Waals surface area (Å²) >= 11 is 0. The van der Waals surface area contributed by atoms with E-state index < -0.39 is 17.8 Å². The van der Waals surface area contributed by atoms with Crippen LogP contribution in [-0.2, 0) is 6.18 Å². The molecule has 8 heteroatoms. The summed E-state index contributed by atoms with van der Waals surface area (Å²) in [5, 5.41) is 2.54. The molecule has 1 N–H and O–H groups in total. The molecule has 0 bridgehead atoms. The first-order valence-corrected chi connectivity index (χ1v) is 6.98. The van der Waals surface area contributed by atoms with Crippen LogP contribution in [0.4, 0.5) is 13.2 Å². The number of aromatic nitrogens is 1. The quantitative estimate of drug-likeness (QED) is 0.822. The predicted molar refractivity (Wildman–Crippen MR) is 80.1 cm³/mol. The molecule has 2 aromatic rings. The molecule has 2 rings (SSSR count). The lowest BCUT2D eigenvalue weighted by Crippen LogP contribution is -2.28. The van der Waals surface area contributed by atoms with Gasteiger partial charge in [0.05, 0.1) is 19.2 Å². The van der Waals surface area contributed by atoms with Crippen LogP contribution in [0.2, 0.25) is 0 Å². The molecule has 0 spiro atoms. The third-order valence-corrected chi connectivity index (χ3v) is 3.01. The first kappa shape index (κ1) is 17.6. The summed E-state index contributed by atoms with van der Waals surface area (Å²) in [5.74, 6) is 0.706. The predicted octanol–water partition coefficient (Wildman–Crippen LogP) is 2.92. The Hall–Kier alpha value is -2.77. The van der Waals surface area contributed by atoms with E-state index in [1.54, 1.807) is 24.3 Å². The summed E-state index contributed by atoms with van der Waals surface area (Å²) in [7, 11) is 1.54. The number of carbonyl (C=O) groups excluding carboxylic acids is 1. The molecule has 5 nitrogen and oxygen atoms in total. The Bertz CT molecular complexity index is 688. The van der Waals surface area contributed by atoms with Crippen molar-refractivity contribution in [3.63, 3.8) is 0 Å². The number of carbonyl (C=O) groups is 1. The van der Waals surface area contributed by atoms with Gasteiger partial charge in [-0.15, -0.1) is 0 Å². The van der Waals surface area contributed by atoms with Crippen LogP contribution in [0.1, 0.15) is 16.1 Å². The normalized spacial score (nSPS) is 11.0. The topological polar surface area (TPSA) is 60.5 Å². The van der Waals surface area contributed by atoms with Crippen LogP contribution in [-0.4, -0.2) is 31.2 Å². The van der Waals surface area contributed by atoms with E-state index in [2.05, 4.69) is 10.3 Å². The van der Waals surface area contributed by atoms with E-state index in [0.717, 1.165) is 18.3 Å². The number of halogens is 3. The summed E-state index contributed by atoms with van der Waals surface area (Å²) in [6.45, 7) is 0.393. The molecule has 0 radical (unpaired) electrons. The molecule has 0 saturated heterocycles. The maximum atomic E-state index is 12.4. The molecule has 128 valence electrons. The Kier molecular flexibility index (Phi) is 5.62. The van der Waals surface area contributed by atoms with Crippen molar-refractivity contribution < 1.29 is 27.4 Å². The maximum absolute atomic E-state index is 12.4. The van der Waals surface area contributed by atoms with Crippen molar-refractivity contribution in [3.05, 3.63) is 53.9 Å². The number of nitrogens with zero attached hydrogens (tertiary/aromatic N) is 1. The second kappa shape index (κ2) is 7.67. The number of methoxy groups -OCH3 is 1. The number of rotatable bonds is 6. The molecule has 1 amide bonds. The minimum absolute atomic E-state index is 0.0457. The smallest absolute Gasteiger partial charge is 0.433 e. The Morgan fingerprint density at radius 3 is 2.58 bits per heavy atom. The van der Waals surface area contributed by atoms with Crippen molar-refractivity contribution in [3.8, 4) is 11.5 Å². The van der Waals surface area contributed by atoms with Crippen molar-refractivity contribution in [2.24, 2.45) is 0 Å². The third-order valence-electron chi connectivity index (χ3n) is 3.01. The summed E-state index contributed by atoms with van der Waals surface area (Å²) in [6, 6.07) is 8.81. The summed E-state index contributed by atoms with van der Waals surface area (Å²) < 4.78 is 47.7. The number of alkyl halides is 3. The van der Waals surface area contributed by atoms with E-state index in [1.165, 1.54) is 7.11 Å². The highest BCUT2D eigenvalue weighted by Crippen LogP contribution is 2.27. The fraction of sp³-hybridized carbons (Fsp3) is 0.250. The second-order valence-corrected chi connectivity index (χ2v) is 4.71. The molecule has 0 aliphatic carbocycles. The number of ether oxygens (including phenoxy) is 2. The summed E-state index contributed by atoms with van der Waals surface area (Å²) in [6.07, 6.45) is -3.64. The Balaban J connectivity index is 1.80. The van der Waals surface area contributed by atoms with Crippen molar-refractivity contribution in [2.45, 2.75) is 6.18 Å². The Morgan fingerprint density at radius 2 is 1.96 bits per heavy atom. The molecule has 0 aliphatic heterocycles. The number of benzene rings is 1. The molecule has 0 saturated carbocycles. The first-order valence-electron chi connectivity index (χ1n) is 6.98. The lowest BCUT2D eigenvalue weighted by atomic mass is 10.2. The minimum atomic E-state index is -4.53. The molecule has 1 aromatic heterocycles. The average molecular weight is 340 g/mol. The largest absolute Gasteiger partial charge is 0.497 e. The second-order valence-electron chi connectivity index (χ2n) is 4.71. The van der Waals surface area contributed by atoms with Crippen molar-refractivity contribution in [1.29, 1.82) is 0 Å². The monoisotopic (exact) mass is 340 g/mol. The minimum Gasteiger partial charge on any atom is -0.497 e. The van der Waals surface area contributed by atoms with Gasteiger partial charge in [-0.2, -0.15) is 13.2 Å². The Morgan fingerprint density at radius 1 is 1.21 bits per heavy atom. The Labute approximate surface area is 136 Å². The van der Waals surface area contributed by atoms with E-state index in [4.69, 9.17) is 9.47 Å². The van der Waals surface area contributed by atoms with Crippen molar-refractivity contribution >= 4 is 5.91 Å². The molecular weight excluding hydrogens is 325 g/mol. The zero-order chi connectivity index (χ0) is 17.6. The average Bonchev–Trinajstić information content (AvgIpc) is 2.58. The fourth-order valence-corrected chi connectivity index (χ4v) is 1.82. The maximum Gasteiger partial charge on any atom is 0.433 e. The van der Waals surface area contributed by atoms with Crippen LogP contribution in [0.3, 0.4) is 0 Å². The van der Waals surface area contributed by atoms with Crippen LogP contribution >= 0.6 is 0 Å². The number of pyridine rings is 1. The van der Waals surface area contributed by atoms with Gasteiger partial charge >= 0.3 is 6.18 Å². The summed E-state index contributed by atoms with van der Waals surface area (Å²) in [4.78, 5) is 15.0. The SMILES string of the molecule is COc1cccc(OCCNC(=O)c2ccc(C(F)(F)F)nc2)c1. The van der Waals surface area contributed by atoms with E-state index in [0.29, 0.717) is 11.5 Å². The van der Waals surface area contributed by atoms with Crippen molar-refractivity contribution in [2.75, 3.05) is 20.3 Å². The fourth-order valence-electron chi connectivity index (χ4n) is 1.82. The van der Waals surface area contributed by atoms with Gasteiger partial charge < -0.3 is 14.8 Å². The molecule has 1 aromatic carbocycles. The lowest BCUT2D eigenvalue weighted by molar-refractivity contribution is -0.141. The number of nitrogens with one attached hydrogen (secondary N) is 1. The van der Waals surface area contributed by atoms with Gasteiger partial charge in [-0.05, 0) is 24.3 Å². The van der Waals surface area contributed by atoms with Crippen LogP contribution in [0.5, 0.6) is 11.5 Å². The van der Waals surface area contributed by atoms with Gasteiger partial charge in [-0.1, -0.05) is 6.07 Å². The third kappa shape index (κ3) is 4.87. The van der Waals surface area contributed by atoms with Gasteiger partial charge in [0.25, 0.3) is 5.91 Å². The zero-order valence-corrected chi connectivity index (χ0v) is 12.8. The number of hydrogen-bond acceptors (Lipinski definition) is 4. The molecular formula is C16H15F3N2O3. The first-order chi connectivity index (χ1) is 11.4. The molecule has 0 fully saturated rings. The van der Waals surface area contributed by atoms with Crippen molar-refractivity contribution in [1.82, 2.24) is 10.3 Å². The highest BCUT2D eigenvalue weighted by atomic mass is 19.4. The van der Waals surface area contributed by atoms with Gasteiger partial charge in [-0.3, -0.25) is 9.78 Å². The molecule has 24 heavy (non-hydrogen) atoms. The lowest BCUT2D eigenvalue weighted by Gasteiger charge is -2.09. The van der Waals surface area contributed by atoms with E-state index in [1.807, 2.05) is 0 Å². The number of hydrogen-bond donors (Lipinski definition) is 1. The van der Waals surface area contributed by atoms with Gasteiger partial charge in [0.15, 0.2) is 0 Å². The van der Waals surface area contributed by atoms with Crippen LogP contribution in [0.25, 0.3) is 0 Å². The molecule has 1 heterocycles. The van der Waals surface area contributed by atoms with Crippen LogP contribution in [0, 0.1) is 0 Å². The van der Waals surface area contributed by atoms with E-state index in [9.17, 15) is 18.0 Å². The van der Waals surface area contributed by atoms with Crippen LogP contribution in [0.15, 0.2) is 42.6 Å². The van der Waals surface area contributed by atoms with Gasteiger partial charge in [0.1, 0.15) is 23.8 Å². The van der Waals surface area contributed by atoms with Gasteiger partial charge in [0.2, 0.25) is 0 Å². The molecule has 0 unspecified atom stereocenters. The van der Waals surface area contributed by atoms with E-state index >= 15 is 0 Å². The van der Waals surface area contributed by atoms with Crippen LogP contribution < -0.4 is 14.8 Å². The van der Waals surface area contributed by atoms with Gasteiger partial charge in [-0.25, -0.2) is 0 Å². The van der Waals surface area contributed by atoms with E-state index in [-0.39, 0.29) is 18.7 Å². The summed E-state index contributed by atoms with van der Waals surface area (Å²) in [5.41, 5.74) is -0.996. The highest BCUT2D eigenvalue weighted by Gasteiger charge is 2.32. The number of amides is 1. The van der Waals surface area contributed by atoms with Gasteiger partial charge in [0, 0.05) is 12.3 Å². The standard InChI is InChI=1S/C16H15F3N2O3/c1-23-12-3-2-4-13(9-12)24-8-7-20-15(22)11-5-6-14(21-10-11)16(17,18)19/h2-6,9-10H,7-8H2,1H3,(H,20,22).